The molecule has 0 radical (unpaired) electrons. The summed E-state index contributed by atoms with van der Waals surface area (Å²) in [6, 6.07) is 14.8. The summed E-state index contributed by atoms with van der Waals surface area (Å²) in [5, 5.41) is 5.96. The molecule has 0 heterocycles. The molecule has 7 heteroatoms. The van der Waals surface area contributed by atoms with Gasteiger partial charge in [0, 0.05) is 24.6 Å². The van der Waals surface area contributed by atoms with Crippen LogP contribution in [0.3, 0.4) is 0 Å². The van der Waals surface area contributed by atoms with Gasteiger partial charge in [0.2, 0.25) is 11.8 Å². The molecule has 0 aliphatic heterocycles. The Balaban J connectivity index is 2.56. The van der Waals surface area contributed by atoms with E-state index in [4.69, 9.17) is 11.2 Å². The van der Waals surface area contributed by atoms with E-state index in [2.05, 4.69) is 30.4 Å². The van der Waals surface area contributed by atoms with Gasteiger partial charge in [0.1, 0.15) is 17.7 Å². The van der Waals surface area contributed by atoms with Crippen LogP contribution >= 0.6 is 0 Å². The van der Waals surface area contributed by atoms with Crippen molar-refractivity contribution >= 4 is 17.9 Å². The van der Waals surface area contributed by atoms with Crippen LogP contribution in [0.4, 0.5) is 4.79 Å². The van der Waals surface area contributed by atoms with Crippen molar-refractivity contribution in [2.75, 3.05) is 6.54 Å². The van der Waals surface area contributed by atoms with Gasteiger partial charge in [-0.2, -0.15) is 0 Å². The molecule has 43 heavy (non-hydrogen) atoms. The number of rotatable bonds is 16. The Morgan fingerprint density at radius 2 is 1.56 bits per heavy atom. The van der Waals surface area contributed by atoms with Gasteiger partial charge in [0.05, 0.1) is 0 Å². The molecule has 0 saturated heterocycles. The molecule has 0 saturated carbocycles. The van der Waals surface area contributed by atoms with Crippen molar-refractivity contribution in [3.05, 3.63) is 71.3 Å². The van der Waals surface area contributed by atoms with Crippen molar-refractivity contribution in [3.63, 3.8) is 0 Å². The predicted octanol–water partition coefficient (Wildman–Crippen LogP) is 6.95. The number of alkyl carbamates (subject to hydrolysis) is 1. The highest BCUT2D eigenvalue weighted by atomic mass is 16.6. The van der Waals surface area contributed by atoms with Crippen molar-refractivity contribution in [1.82, 2.24) is 15.5 Å². The van der Waals surface area contributed by atoms with Crippen LogP contribution in [-0.4, -0.2) is 47.0 Å². The van der Waals surface area contributed by atoms with E-state index in [0.29, 0.717) is 17.7 Å². The first-order valence-corrected chi connectivity index (χ1v) is 15.7. The van der Waals surface area contributed by atoms with Crippen molar-refractivity contribution in [2.45, 2.75) is 117 Å². The van der Waals surface area contributed by atoms with Crippen molar-refractivity contribution < 1.29 is 19.1 Å². The van der Waals surface area contributed by atoms with E-state index in [0.717, 1.165) is 50.5 Å². The summed E-state index contributed by atoms with van der Waals surface area (Å²) in [7, 11) is 0. The van der Waals surface area contributed by atoms with Crippen LogP contribution in [0, 0.1) is 12.3 Å². The fourth-order valence-corrected chi connectivity index (χ4v) is 5.01. The third-order valence-corrected chi connectivity index (χ3v) is 7.12. The third-order valence-electron chi connectivity index (χ3n) is 7.12. The molecular formula is C36H51N3O4. The first-order valence-electron chi connectivity index (χ1n) is 15.7. The maximum atomic E-state index is 14.6. The van der Waals surface area contributed by atoms with Gasteiger partial charge in [0.25, 0.3) is 0 Å². The molecule has 0 aromatic heterocycles. The third kappa shape index (κ3) is 12.5. The smallest absolute Gasteiger partial charge is 0.408 e. The Bertz CT molecular complexity index is 1180. The summed E-state index contributed by atoms with van der Waals surface area (Å²) in [5.41, 5.74) is 1.50. The number of hydrogen-bond acceptors (Lipinski definition) is 4. The molecule has 2 N–H and O–H groups in total. The van der Waals surface area contributed by atoms with Crippen molar-refractivity contribution in [3.8, 4) is 12.3 Å². The first kappa shape index (κ1) is 35.4. The van der Waals surface area contributed by atoms with Gasteiger partial charge in [-0.1, -0.05) is 94.3 Å². The summed E-state index contributed by atoms with van der Waals surface area (Å²) >= 11 is 0. The number of amides is 3. The predicted molar refractivity (Wildman–Crippen MR) is 173 cm³/mol. The number of ether oxygens (including phenoxy) is 1. The molecular weight excluding hydrogens is 538 g/mol. The summed E-state index contributed by atoms with van der Waals surface area (Å²) in [6.07, 6.45) is 11.8. The van der Waals surface area contributed by atoms with Crippen molar-refractivity contribution in [1.29, 1.82) is 0 Å². The molecule has 3 amide bonds. The number of carbonyl (C=O) groups is 3. The average Bonchev–Trinajstić information content (AvgIpc) is 2.95. The lowest BCUT2D eigenvalue weighted by atomic mass is 9.98. The summed E-state index contributed by atoms with van der Waals surface area (Å²) < 4.78 is 5.54. The highest BCUT2D eigenvalue weighted by Crippen LogP contribution is 2.25. The van der Waals surface area contributed by atoms with Crippen LogP contribution in [0.15, 0.2) is 54.6 Å². The fourth-order valence-electron chi connectivity index (χ4n) is 5.01. The number of terminal acetylenes is 1. The summed E-state index contributed by atoms with van der Waals surface area (Å²) in [6.45, 7) is 11.9. The molecule has 3 atom stereocenters. The molecule has 0 bridgehead atoms. The van der Waals surface area contributed by atoms with E-state index in [9.17, 15) is 14.4 Å². The number of hydrogen-bond donors (Lipinski definition) is 2. The number of nitrogens with one attached hydrogen (secondary N) is 2. The van der Waals surface area contributed by atoms with Gasteiger partial charge < -0.3 is 20.3 Å². The van der Waals surface area contributed by atoms with Crippen LogP contribution in [0.2, 0.25) is 0 Å². The quantitative estimate of drug-likeness (QED) is 0.164. The summed E-state index contributed by atoms with van der Waals surface area (Å²) in [4.78, 5) is 43.2. The highest BCUT2D eigenvalue weighted by molar-refractivity contribution is 5.92. The maximum absolute atomic E-state index is 14.6. The molecule has 2 aromatic rings. The Labute approximate surface area is 259 Å². The Kier molecular flexibility index (Phi) is 14.8. The van der Waals surface area contributed by atoms with Crippen LogP contribution in [0.5, 0.6) is 0 Å². The van der Waals surface area contributed by atoms with E-state index >= 15 is 0 Å². The Hall–Kier alpha value is -3.79. The Morgan fingerprint density at radius 1 is 0.907 bits per heavy atom. The highest BCUT2D eigenvalue weighted by Gasteiger charge is 2.36. The topological polar surface area (TPSA) is 87.7 Å². The second-order valence-electron chi connectivity index (χ2n) is 12.2. The minimum atomic E-state index is -0.943. The van der Waals surface area contributed by atoms with Gasteiger partial charge in [-0.3, -0.25) is 9.59 Å². The van der Waals surface area contributed by atoms with Crippen LogP contribution < -0.4 is 10.6 Å². The maximum Gasteiger partial charge on any atom is 0.408 e. The molecule has 2 aromatic carbocycles. The fraction of sp³-hybridized carbons (Fsp3) is 0.528. The van der Waals surface area contributed by atoms with Gasteiger partial charge in [-0.25, -0.2) is 4.79 Å². The van der Waals surface area contributed by atoms with E-state index in [-0.39, 0.29) is 24.3 Å². The van der Waals surface area contributed by atoms with Gasteiger partial charge >= 0.3 is 6.09 Å². The zero-order valence-corrected chi connectivity index (χ0v) is 26.9. The number of carbonyl (C=O) groups excluding carboxylic acids is 3. The van der Waals surface area contributed by atoms with Gasteiger partial charge in [-0.15, -0.1) is 6.42 Å². The second-order valence-corrected chi connectivity index (χ2v) is 12.2. The second kappa shape index (κ2) is 18.0. The van der Waals surface area contributed by atoms with E-state index in [1.54, 1.807) is 37.8 Å². The minimum absolute atomic E-state index is 0.0634. The number of benzene rings is 2. The van der Waals surface area contributed by atoms with Gasteiger partial charge in [-0.05, 0) is 63.8 Å². The number of unbranched alkanes of at least 4 members (excludes halogenated alkanes) is 4. The molecule has 0 spiro atoms. The lowest BCUT2D eigenvalue weighted by Crippen LogP contribution is -2.54. The summed E-state index contributed by atoms with van der Waals surface area (Å²) in [5.74, 6) is 2.02. The van der Waals surface area contributed by atoms with Crippen LogP contribution in [0.1, 0.15) is 109 Å². The molecule has 234 valence electrons. The molecule has 0 aliphatic rings. The molecule has 3 unspecified atom stereocenters. The number of nitrogens with zero attached hydrogens (tertiary/aromatic N) is 1. The first-order chi connectivity index (χ1) is 20.5. The average molecular weight is 590 g/mol. The van der Waals surface area contributed by atoms with Crippen molar-refractivity contribution in [2.24, 2.45) is 0 Å². The monoisotopic (exact) mass is 589 g/mol. The molecule has 7 nitrogen and oxygen atoms in total. The SMILES string of the molecule is C#Cc1ccc(C(C(=O)NC(C)CCC)N(CCCCCCC)C(=O)C(Cc2ccccc2)NC(=O)OC(C)(C)C)cc1. The van der Waals surface area contributed by atoms with Crippen LogP contribution in [0.25, 0.3) is 0 Å². The zero-order valence-electron chi connectivity index (χ0n) is 26.9. The zero-order chi connectivity index (χ0) is 31.8. The van der Waals surface area contributed by atoms with E-state index in [1.165, 1.54) is 0 Å². The molecule has 0 fully saturated rings. The van der Waals surface area contributed by atoms with E-state index in [1.807, 2.05) is 49.4 Å². The lowest BCUT2D eigenvalue weighted by Gasteiger charge is -2.35. The lowest BCUT2D eigenvalue weighted by molar-refractivity contribution is -0.142. The largest absolute Gasteiger partial charge is 0.444 e. The minimum Gasteiger partial charge on any atom is -0.444 e. The molecule has 0 aliphatic carbocycles. The van der Waals surface area contributed by atoms with E-state index < -0.39 is 23.8 Å². The normalized spacial score (nSPS) is 13.2. The standard InChI is InChI=1S/C36H51N3O4/c1-8-11-12-13-17-25-39(32(33(40)37-27(4)18-9-2)30-23-21-28(10-3)22-24-30)34(41)31(26-29-19-15-14-16-20-29)38-35(42)43-36(5,6)7/h3,14-16,19-24,27,31-32H,8-9,11-13,17-18,25-26H2,1-2,4-7H3,(H,37,40)(H,38,42). The van der Waals surface area contributed by atoms with Crippen LogP contribution in [-0.2, 0) is 20.7 Å². The molecule has 2 rings (SSSR count). The van der Waals surface area contributed by atoms with Gasteiger partial charge in [0.15, 0.2) is 0 Å². The Morgan fingerprint density at radius 3 is 2.14 bits per heavy atom.